The maximum Gasteiger partial charge on any atom is 0.255 e. The van der Waals surface area contributed by atoms with Crippen LogP contribution < -0.4 is 5.73 Å². The molecule has 1 amide bonds. The van der Waals surface area contributed by atoms with E-state index in [1.807, 2.05) is 11.0 Å². The van der Waals surface area contributed by atoms with Crippen LogP contribution in [0.4, 0.5) is 0 Å². The number of nitrogens with zero attached hydrogens (tertiary/aromatic N) is 1. The summed E-state index contributed by atoms with van der Waals surface area (Å²) >= 11 is 9.50. The van der Waals surface area contributed by atoms with Gasteiger partial charge in [0.2, 0.25) is 0 Å². The lowest BCUT2D eigenvalue weighted by molar-refractivity contribution is 0.0780. The van der Waals surface area contributed by atoms with Crippen LogP contribution >= 0.6 is 27.5 Å². The Hall–Kier alpha value is -0.580. The Kier molecular flexibility index (Phi) is 3.58. The molecule has 0 aromatic heterocycles. The first-order valence-corrected chi connectivity index (χ1v) is 7.73. The highest BCUT2D eigenvalue weighted by molar-refractivity contribution is 9.10. The van der Waals surface area contributed by atoms with Crippen LogP contribution in [0.25, 0.3) is 0 Å². The predicted molar refractivity (Wildman–Crippen MR) is 79.2 cm³/mol. The molecule has 0 radical (unpaired) electrons. The van der Waals surface area contributed by atoms with Crippen LogP contribution in [0.2, 0.25) is 5.02 Å². The molecular formula is C14H16BrClN2O. The Bertz CT molecular complexity index is 522. The van der Waals surface area contributed by atoms with Gasteiger partial charge in [0.05, 0.1) is 10.6 Å². The number of fused-ring (bicyclic) bond motifs is 1. The van der Waals surface area contributed by atoms with Crippen LogP contribution in [-0.4, -0.2) is 29.9 Å². The van der Waals surface area contributed by atoms with E-state index in [9.17, 15) is 4.79 Å². The molecule has 0 spiro atoms. The van der Waals surface area contributed by atoms with Gasteiger partial charge in [0, 0.05) is 23.6 Å². The largest absolute Gasteiger partial charge is 0.338 e. The molecule has 3 atom stereocenters. The van der Waals surface area contributed by atoms with Crippen molar-refractivity contribution in [3.63, 3.8) is 0 Å². The van der Waals surface area contributed by atoms with Crippen LogP contribution in [0.15, 0.2) is 22.7 Å². The third-order valence-electron chi connectivity index (χ3n) is 4.36. The van der Waals surface area contributed by atoms with Gasteiger partial charge in [0.1, 0.15) is 0 Å². The van der Waals surface area contributed by atoms with E-state index in [-0.39, 0.29) is 11.9 Å². The first-order chi connectivity index (χ1) is 9.06. The van der Waals surface area contributed by atoms with E-state index >= 15 is 0 Å². The number of hydrogen-bond acceptors (Lipinski definition) is 2. The van der Waals surface area contributed by atoms with Crippen molar-refractivity contribution in [2.24, 2.45) is 17.6 Å². The number of likely N-dealkylation sites (tertiary alicyclic amines) is 1. The standard InChI is InChI=1S/C14H16BrClN2O/c15-9-2-3-10(12(16)5-9)14(19)18-6-8-1-4-13(17)11(8)7-18/h2-3,5,8,11,13H,1,4,6-7,17H2. The third kappa shape index (κ3) is 2.41. The van der Waals surface area contributed by atoms with E-state index in [0.29, 0.717) is 22.4 Å². The zero-order valence-corrected chi connectivity index (χ0v) is 12.8. The van der Waals surface area contributed by atoms with E-state index in [2.05, 4.69) is 15.9 Å². The highest BCUT2D eigenvalue weighted by atomic mass is 79.9. The molecule has 5 heteroatoms. The van der Waals surface area contributed by atoms with E-state index < -0.39 is 0 Å². The van der Waals surface area contributed by atoms with Gasteiger partial charge in [-0.05, 0) is 42.9 Å². The predicted octanol–water partition coefficient (Wildman–Crippen LogP) is 2.91. The number of carbonyl (C=O) groups is 1. The summed E-state index contributed by atoms with van der Waals surface area (Å²) in [5.41, 5.74) is 6.68. The maximum absolute atomic E-state index is 12.5. The highest BCUT2D eigenvalue weighted by Gasteiger charge is 2.42. The van der Waals surface area contributed by atoms with Crippen molar-refractivity contribution >= 4 is 33.4 Å². The minimum Gasteiger partial charge on any atom is -0.338 e. The first kappa shape index (κ1) is 13.4. The number of nitrogens with two attached hydrogens (primary N) is 1. The Morgan fingerprint density at radius 2 is 2.16 bits per heavy atom. The van der Waals surface area contributed by atoms with E-state index in [1.54, 1.807) is 12.1 Å². The highest BCUT2D eigenvalue weighted by Crippen LogP contribution is 2.38. The van der Waals surface area contributed by atoms with E-state index in [0.717, 1.165) is 30.4 Å². The van der Waals surface area contributed by atoms with Gasteiger partial charge >= 0.3 is 0 Å². The summed E-state index contributed by atoms with van der Waals surface area (Å²) < 4.78 is 0.884. The average Bonchev–Trinajstić information content (AvgIpc) is 2.91. The molecule has 3 unspecified atom stereocenters. The molecule has 0 bridgehead atoms. The molecule has 1 heterocycles. The lowest BCUT2D eigenvalue weighted by Crippen LogP contribution is -2.33. The maximum atomic E-state index is 12.5. The second-order valence-electron chi connectivity index (χ2n) is 5.50. The molecule has 3 rings (SSSR count). The molecule has 1 aromatic rings. The van der Waals surface area contributed by atoms with Gasteiger partial charge < -0.3 is 10.6 Å². The van der Waals surface area contributed by atoms with Crippen molar-refractivity contribution in [2.75, 3.05) is 13.1 Å². The van der Waals surface area contributed by atoms with Crippen molar-refractivity contribution in [3.8, 4) is 0 Å². The summed E-state index contributed by atoms with van der Waals surface area (Å²) in [7, 11) is 0. The van der Waals surface area contributed by atoms with Crippen molar-refractivity contribution in [2.45, 2.75) is 18.9 Å². The lowest BCUT2D eigenvalue weighted by atomic mass is 9.98. The summed E-state index contributed by atoms with van der Waals surface area (Å²) in [6, 6.07) is 5.64. The van der Waals surface area contributed by atoms with E-state index in [1.165, 1.54) is 0 Å². The number of amides is 1. The Morgan fingerprint density at radius 3 is 2.84 bits per heavy atom. The molecule has 3 nitrogen and oxygen atoms in total. The molecule has 19 heavy (non-hydrogen) atoms. The van der Waals surface area contributed by atoms with Gasteiger partial charge in [-0.2, -0.15) is 0 Å². The fourth-order valence-corrected chi connectivity index (χ4v) is 4.06. The van der Waals surface area contributed by atoms with Crippen LogP contribution in [0.1, 0.15) is 23.2 Å². The Labute approximate surface area is 126 Å². The molecule has 1 aliphatic heterocycles. The SMILES string of the molecule is NC1CCC2CN(C(=O)c3ccc(Br)cc3Cl)CC12. The summed E-state index contributed by atoms with van der Waals surface area (Å²) in [4.78, 5) is 14.4. The second kappa shape index (κ2) is 5.08. The van der Waals surface area contributed by atoms with Gasteiger partial charge in [-0.1, -0.05) is 27.5 Å². The second-order valence-corrected chi connectivity index (χ2v) is 6.82. The monoisotopic (exact) mass is 342 g/mol. The Balaban J connectivity index is 1.78. The minimum absolute atomic E-state index is 0.0269. The van der Waals surface area contributed by atoms with Gasteiger partial charge in [0.25, 0.3) is 5.91 Å². The zero-order chi connectivity index (χ0) is 13.6. The van der Waals surface area contributed by atoms with Gasteiger partial charge in [-0.15, -0.1) is 0 Å². The number of halogens is 2. The fourth-order valence-electron chi connectivity index (χ4n) is 3.31. The third-order valence-corrected chi connectivity index (χ3v) is 5.17. The smallest absolute Gasteiger partial charge is 0.255 e. The van der Waals surface area contributed by atoms with Gasteiger partial charge in [-0.25, -0.2) is 0 Å². The summed E-state index contributed by atoms with van der Waals surface area (Å²) in [5, 5.41) is 0.501. The fraction of sp³-hybridized carbons (Fsp3) is 0.500. The van der Waals surface area contributed by atoms with Crippen LogP contribution in [0.3, 0.4) is 0 Å². The average molecular weight is 344 g/mol. The van der Waals surface area contributed by atoms with Crippen molar-refractivity contribution in [1.29, 1.82) is 0 Å². The molecule has 1 aliphatic carbocycles. The molecule has 2 N–H and O–H groups in total. The number of benzene rings is 1. The molecule has 2 fully saturated rings. The van der Waals surface area contributed by atoms with E-state index in [4.69, 9.17) is 17.3 Å². The van der Waals surface area contributed by atoms with Crippen molar-refractivity contribution in [3.05, 3.63) is 33.3 Å². The summed E-state index contributed by atoms with van der Waals surface area (Å²) in [6.45, 7) is 1.60. The molecule has 1 saturated carbocycles. The first-order valence-electron chi connectivity index (χ1n) is 6.56. The van der Waals surface area contributed by atoms with Crippen LogP contribution in [0, 0.1) is 11.8 Å². The van der Waals surface area contributed by atoms with Crippen molar-refractivity contribution in [1.82, 2.24) is 4.90 Å². The van der Waals surface area contributed by atoms with Crippen LogP contribution in [-0.2, 0) is 0 Å². The Morgan fingerprint density at radius 1 is 1.37 bits per heavy atom. The van der Waals surface area contributed by atoms with Crippen molar-refractivity contribution < 1.29 is 4.79 Å². The topological polar surface area (TPSA) is 46.3 Å². The molecule has 1 aromatic carbocycles. The summed E-state index contributed by atoms with van der Waals surface area (Å²) in [5.74, 6) is 1.07. The molecule has 102 valence electrons. The zero-order valence-electron chi connectivity index (χ0n) is 10.5. The molecular weight excluding hydrogens is 328 g/mol. The molecule has 1 saturated heterocycles. The van der Waals surface area contributed by atoms with Crippen LogP contribution in [0.5, 0.6) is 0 Å². The van der Waals surface area contributed by atoms with Gasteiger partial charge in [0.15, 0.2) is 0 Å². The normalized spacial score (nSPS) is 29.6. The number of hydrogen-bond donors (Lipinski definition) is 1. The number of rotatable bonds is 1. The van der Waals surface area contributed by atoms with Gasteiger partial charge in [-0.3, -0.25) is 4.79 Å². The lowest BCUT2D eigenvalue weighted by Gasteiger charge is -2.19. The molecule has 2 aliphatic rings. The minimum atomic E-state index is 0.0269. The summed E-state index contributed by atoms with van der Waals surface area (Å²) in [6.07, 6.45) is 2.24. The number of carbonyl (C=O) groups excluding carboxylic acids is 1. The quantitative estimate of drug-likeness (QED) is 0.852.